The van der Waals surface area contributed by atoms with Crippen molar-refractivity contribution in [2.75, 3.05) is 10.6 Å². The van der Waals surface area contributed by atoms with Crippen LogP contribution < -0.4 is 16.2 Å². The minimum Gasteiger partial charge on any atom is -0.463 e. The molecule has 6 nitrogen and oxygen atoms in total. The van der Waals surface area contributed by atoms with Crippen LogP contribution in [0.3, 0.4) is 0 Å². The Morgan fingerprint density at radius 1 is 0.964 bits per heavy atom. The number of aromatic amines is 1. The third kappa shape index (κ3) is 4.17. The Labute approximate surface area is 163 Å². The Kier molecular flexibility index (Phi) is 5.28. The lowest BCUT2D eigenvalue weighted by atomic mass is 9.95. The molecule has 1 aliphatic carbocycles. The molecule has 28 heavy (non-hydrogen) atoms. The van der Waals surface area contributed by atoms with E-state index in [0.717, 1.165) is 5.69 Å². The first kappa shape index (κ1) is 18.1. The predicted molar refractivity (Wildman–Crippen MR) is 110 cm³/mol. The number of carbonyl (C=O) groups excluding carboxylic acids is 1. The molecule has 2 aromatic heterocycles. The summed E-state index contributed by atoms with van der Waals surface area (Å²) in [6, 6.07) is 14.8. The molecule has 6 heteroatoms. The largest absolute Gasteiger partial charge is 0.463 e. The van der Waals surface area contributed by atoms with Gasteiger partial charge in [0.25, 0.3) is 11.5 Å². The number of aromatic nitrogens is 1. The number of hydrogen-bond donors (Lipinski definition) is 3. The smallest absolute Gasteiger partial charge is 0.261 e. The Morgan fingerprint density at radius 3 is 2.39 bits per heavy atom. The second-order valence-electron chi connectivity index (χ2n) is 7.10. The summed E-state index contributed by atoms with van der Waals surface area (Å²) in [4.78, 5) is 27.4. The molecule has 144 valence electrons. The Balaban J connectivity index is 1.41. The van der Waals surface area contributed by atoms with E-state index >= 15 is 0 Å². The van der Waals surface area contributed by atoms with Gasteiger partial charge in [-0.25, -0.2) is 0 Å². The normalized spacial score (nSPS) is 14.6. The highest BCUT2D eigenvalue weighted by molar-refractivity contribution is 6.04. The maximum absolute atomic E-state index is 12.5. The Morgan fingerprint density at radius 2 is 1.71 bits per heavy atom. The Hall–Kier alpha value is -3.28. The van der Waals surface area contributed by atoms with Crippen LogP contribution in [0.25, 0.3) is 11.5 Å². The van der Waals surface area contributed by atoms with Gasteiger partial charge in [-0.3, -0.25) is 9.59 Å². The molecule has 0 aliphatic heterocycles. The summed E-state index contributed by atoms with van der Waals surface area (Å²) < 4.78 is 5.26. The molecule has 0 bridgehead atoms. The van der Waals surface area contributed by atoms with Crippen LogP contribution in [0.15, 0.2) is 64.0 Å². The highest BCUT2D eigenvalue weighted by Crippen LogP contribution is 2.23. The Bertz CT molecular complexity index is 985. The minimum atomic E-state index is -0.456. The summed E-state index contributed by atoms with van der Waals surface area (Å²) >= 11 is 0. The standard InChI is InChI=1S/C22H23N3O3/c26-21(18-12-13-19(25-22(18)27)20-7-4-14-28-20)24-17-10-8-16(9-11-17)23-15-5-2-1-3-6-15/h4,7-15,23H,1-3,5-6H2,(H,24,26)(H,25,27). The van der Waals surface area contributed by atoms with Crippen LogP contribution in [-0.2, 0) is 0 Å². The van der Waals surface area contributed by atoms with Gasteiger partial charge in [0.15, 0.2) is 0 Å². The van der Waals surface area contributed by atoms with Crippen LogP contribution >= 0.6 is 0 Å². The predicted octanol–water partition coefficient (Wildman–Crippen LogP) is 4.63. The van der Waals surface area contributed by atoms with Crippen molar-refractivity contribution in [2.24, 2.45) is 0 Å². The van der Waals surface area contributed by atoms with Gasteiger partial charge in [0.1, 0.15) is 11.3 Å². The van der Waals surface area contributed by atoms with Gasteiger partial charge in [0.05, 0.1) is 12.0 Å². The van der Waals surface area contributed by atoms with Gasteiger partial charge < -0.3 is 20.0 Å². The molecule has 1 aliphatic rings. The molecule has 2 heterocycles. The van der Waals surface area contributed by atoms with Crippen molar-refractivity contribution in [1.82, 2.24) is 4.98 Å². The lowest BCUT2D eigenvalue weighted by molar-refractivity contribution is 0.102. The van der Waals surface area contributed by atoms with Crippen LogP contribution in [0.5, 0.6) is 0 Å². The zero-order chi connectivity index (χ0) is 19.3. The van der Waals surface area contributed by atoms with E-state index < -0.39 is 11.5 Å². The zero-order valence-corrected chi connectivity index (χ0v) is 15.5. The number of rotatable bonds is 5. The van der Waals surface area contributed by atoms with Gasteiger partial charge in [-0.05, 0) is 61.4 Å². The summed E-state index contributed by atoms with van der Waals surface area (Å²) in [6.45, 7) is 0. The number of H-pyrrole nitrogens is 1. The first-order valence-electron chi connectivity index (χ1n) is 9.64. The number of pyridine rings is 1. The van der Waals surface area contributed by atoms with E-state index in [0.29, 0.717) is 23.2 Å². The summed E-state index contributed by atoms with van der Waals surface area (Å²) in [5.74, 6) is 0.102. The van der Waals surface area contributed by atoms with Crippen molar-refractivity contribution in [1.29, 1.82) is 0 Å². The summed E-state index contributed by atoms with van der Waals surface area (Å²) in [6.07, 6.45) is 7.81. The van der Waals surface area contributed by atoms with Gasteiger partial charge in [0.2, 0.25) is 0 Å². The third-order valence-electron chi connectivity index (χ3n) is 5.06. The molecule has 1 amide bonds. The first-order chi connectivity index (χ1) is 13.7. The number of anilines is 2. The molecule has 0 saturated heterocycles. The quantitative estimate of drug-likeness (QED) is 0.605. The van der Waals surface area contributed by atoms with Crippen molar-refractivity contribution in [3.05, 3.63) is 70.7 Å². The van der Waals surface area contributed by atoms with E-state index in [1.54, 1.807) is 18.2 Å². The highest BCUT2D eigenvalue weighted by Gasteiger charge is 2.14. The number of hydrogen-bond acceptors (Lipinski definition) is 4. The molecule has 0 atom stereocenters. The number of furan rings is 1. The lowest BCUT2D eigenvalue weighted by Crippen LogP contribution is -2.23. The van der Waals surface area contributed by atoms with Gasteiger partial charge in [-0.2, -0.15) is 0 Å². The summed E-state index contributed by atoms with van der Waals surface area (Å²) in [5, 5.41) is 6.32. The average Bonchev–Trinajstić information content (AvgIpc) is 3.25. The monoisotopic (exact) mass is 377 g/mol. The molecule has 1 aromatic carbocycles. The lowest BCUT2D eigenvalue weighted by Gasteiger charge is -2.23. The van der Waals surface area contributed by atoms with Crippen molar-refractivity contribution >= 4 is 17.3 Å². The van der Waals surface area contributed by atoms with Crippen molar-refractivity contribution in [3.63, 3.8) is 0 Å². The van der Waals surface area contributed by atoms with Crippen molar-refractivity contribution < 1.29 is 9.21 Å². The third-order valence-corrected chi connectivity index (χ3v) is 5.06. The second-order valence-corrected chi connectivity index (χ2v) is 7.10. The molecule has 4 rings (SSSR count). The van der Waals surface area contributed by atoms with E-state index in [1.807, 2.05) is 24.3 Å². The van der Waals surface area contributed by atoms with Crippen LogP contribution in [0.2, 0.25) is 0 Å². The molecule has 0 spiro atoms. The fourth-order valence-corrected chi connectivity index (χ4v) is 3.56. The average molecular weight is 377 g/mol. The van der Waals surface area contributed by atoms with Crippen LogP contribution in [0.4, 0.5) is 11.4 Å². The van der Waals surface area contributed by atoms with E-state index in [2.05, 4.69) is 15.6 Å². The molecule has 3 aromatic rings. The maximum atomic E-state index is 12.5. The number of carbonyl (C=O) groups is 1. The summed E-state index contributed by atoms with van der Waals surface area (Å²) in [7, 11) is 0. The van der Waals surface area contributed by atoms with Crippen LogP contribution in [-0.4, -0.2) is 16.9 Å². The van der Waals surface area contributed by atoms with Gasteiger partial charge in [-0.15, -0.1) is 0 Å². The topological polar surface area (TPSA) is 87.1 Å². The molecular formula is C22H23N3O3. The van der Waals surface area contributed by atoms with Crippen molar-refractivity contribution in [3.8, 4) is 11.5 Å². The van der Waals surface area contributed by atoms with E-state index in [1.165, 1.54) is 44.4 Å². The molecule has 0 unspecified atom stereocenters. The van der Waals surface area contributed by atoms with Gasteiger partial charge >= 0.3 is 0 Å². The van der Waals surface area contributed by atoms with Gasteiger partial charge in [-0.1, -0.05) is 19.3 Å². The van der Waals surface area contributed by atoms with E-state index in [9.17, 15) is 9.59 Å². The minimum absolute atomic E-state index is 0.0553. The second kappa shape index (κ2) is 8.17. The van der Waals surface area contributed by atoms with E-state index in [4.69, 9.17) is 4.42 Å². The molecular weight excluding hydrogens is 354 g/mol. The molecule has 1 saturated carbocycles. The highest BCUT2D eigenvalue weighted by atomic mass is 16.3. The number of benzene rings is 1. The zero-order valence-electron chi connectivity index (χ0n) is 15.5. The van der Waals surface area contributed by atoms with Crippen molar-refractivity contribution in [2.45, 2.75) is 38.1 Å². The molecule has 3 N–H and O–H groups in total. The van der Waals surface area contributed by atoms with Crippen LogP contribution in [0.1, 0.15) is 42.5 Å². The first-order valence-corrected chi connectivity index (χ1v) is 9.64. The fraction of sp³-hybridized carbons (Fsp3) is 0.273. The molecule has 0 radical (unpaired) electrons. The molecule has 1 fully saturated rings. The van der Waals surface area contributed by atoms with Gasteiger partial charge in [0, 0.05) is 17.4 Å². The summed E-state index contributed by atoms with van der Waals surface area (Å²) in [5.41, 5.74) is 1.82. The maximum Gasteiger partial charge on any atom is 0.261 e. The number of nitrogens with one attached hydrogen (secondary N) is 3. The number of amides is 1. The fourth-order valence-electron chi connectivity index (χ4n) is 3.56. The SMILES string of the molecule is O=C(Nc1ccc(NC2CCCCC2)cc1)c1ccc(-c2ccco2)[nH]c1=O. The van der Waals surface area contributed by atoms with Crippen LogP contribution in [0, 0.1) is 0 Å². The van der Waals surface area contributed by atoms with E-state index in [-0.39, 0.29) is 5.56 Å².